The Morgan fingerprint density at radius 2 is 1.70 bits per heavy atom. The second-order valence-corrected chi connectivity index (χ2v) is 6.90. The lowest BCUT2D eigenvalue weighted by atomic mass is 10.0. The molecule has 0 aliphatic heterocycles. The molecule has 8 heteroatoms. The lowest BCUT2D eigenvalue weighted by Gasteiger charge is -2.20. The molecule has 20 heavy (non-hydrogen) atoms. The van der Waals surface area contributed by atoms with Crippen molar-refractivity contribution in [2.75, 3.05) is 18.8 Å². The van der Waals surface area contributed by atoms with E-state index in [0.29, 0.717) is 0 Å². The Kier molecular flexibility index (Phi) is 7.74. The van der Waals surface area contributed by atoms with E-state index in [-0.39, 0.29) is 25.4 Å². The normalized spacial score (nSPS) is 13.5. The van der Waals surface area contributed by atoms with E-state index in [2.05, 4.69) is 5.32 Å². The smallest absolute Gasteiger partial charge is 0.326 e. The fourth-order valence-electron chi connectivity index (χ4n) is 1.80. The van der Waals surface area contributed by atoms with Gasteiger partial charge in [-0.3, -0.25) is 4.79 Å². The molecule has 1 amide bonds. The van der Waals surface area contributed by atoms with E-state index in [9.17, 15) is 18.0 Å². The van der Waals surface area contributed by atoms with Crippen LogP contribution in [0.4, 0.5) is 0 Å². The molecule has 0 unspecified atom stereocenters. The maximum Gasteiger partial charge on any atom is 0.326 e. The number of amides is 1. The van der Waals surface area contributed by atoms with E-state index in [1.165, 1.54) is 4.31 Å². The number of nitrogens with one attached hydrogen (secondary N) is 1. The molecule has 118 valence electrons. The third-order valence-electron chi connectivity index (χ3n) is 2.75. The van der Waals surface area contributed by atoms with Crippen LogP contribution in [0.1, 0.15) is 34.1 Å². The highest BCUT2D eigenvalue weighted by atomic mass is 32.2. The zero-order valence-corrected chi connectivity index (χ0v) is 13.2. The summed E-state index contributed by atoms with van der Waals surface area (Å²) < 4.78 is 25.0. The molecule has 0 fully saturated rings. The van der Waals surface area contributed by atoms with E-state index >= 15 is 0 Å². The molecular formula is C12H24N2O5S. The Balaban J connectivity index is 4.72. The van der Waals surface area contributed by atoms with Crippen molar-refractivity contribution in [3.63, 3.8) is 0 Å². The summed E-state index contributed by atoms with van der Waals surface area (Å²) in [5, 5.41) is 11.3. The molecular weight excluding hydrogens is 284 g/mol. The van der Waals surface area contributed by atoms with Crippen molar-refractivity contribution in [2.24, 2.45) is 5.92 Å². The molecule has 0 aromatic rings. The highest BCUT2D eigenvalue weighted by Gasteiger charge is 2.26. The van der Waals surface area contributed by atoms with E-state index in [4.69, 9.17) is 5.11 Å². The summed E-state index contributed by atoms with van der Waals surface area (Å²) in [6.07, 6.45) is 0.256. The first-order valence-corrected chi connectivity index (χ1v) is 8.24. The molecule has 0 spiro atoms. The summed E-state index contributed by atoms with van der Waals surface area (Å²) in [6.45, 7) is 7.57. The highest BCUT2D eigenvalue weighted by molar-refractivity contribution is 7.89. The van der Waals surface area contributed by atoms with Gasteiger partial charge in [-0.1, -0.05) is 27.7 Å². The van der Waals surface area contributed by atoms with Crippen molar-refractivity contribution in [3.05, 3.63) is 0 Å². The number of carboxylic acid groups (broad SMARTS) is 1. The van der Waals surface area contributed by atoms with Gasteiger partial charge in [0.1, 0.15) is 11.8 Å². The Bertz CT molecular complexity index is 429. The molecule has 7 nitrogen and oxygen atoms in total. The number of carbonyl (C=O) groups excluding carboxylic acids is 1. The summed E-state index contributed by atoms with van der Waals surface area (Å²) >= 11 is 0. The van der Waals surface area contributed by atoms with Gasteiger partial charge in [0.15, 0.2) is 0 Å². The highest BCUT2D eigenvalue weighted by Crippen LogP contribution is 2.06. The number of nitrogens with zero attached hydrogens (tertiary/aromatic N) is 1. The van der Waals surface area contributed by atoms with Crippen LogP contribution >= 0.6 is 0 Å². The van der Waals surface area contributed by atoms with Crippen LogP contribution in [-0.2, 0) is 19.6 Å². The zero-order chi connectivity index (χ0) is 15.9. The Morgan fingerprint density at radius 1 is 1.20 bits per heavy atom. The first kappa shape index (κ1) is 18.9. The number of sulfonamides is 1. The zero-order valence-electron chi connectivity index (χ0n) is 12.4. The Morgan fingerprint density at radius 3 is 2.05 bits per heavy atom. The molecule has 0 saturated carbocycles. The minimum atomic E-state index is -3.69. The van der Waals surface area contributed by atoms with Crippen LogP contribution in [0.5, 0.6) is 0 Å². The minimum absolute atomic E-state index is 0.0794. The van der Waals surface area contributed by atoms with Gasteiger partial charge in [0.05, 0.1) is 0 Å². The summed E-state index contributed by atoms with van der Waals surface area (Å²) in [5.41, 5.74) is 0. The maximum atomic E-state index is 11.9. The molecule has 0 aromatic heterocycles. The number of hydrogen-bond donors (Lipinski definition) is 2. The topological polar surface area (TPSA) is 104 Å². The van der Waals surface area contributed by atoms with Crippen LogP contribution in [0.25, 0.3) is 0 Å². The number of carboxylic acids is 1. The molecule has 0 rings (SSSR count). The van der Waals surface area contributed by atoms with Crippen molar-refractivity contribution in [1.82, 2.24) is 9.62 Å². The number of aliphatic carboxylic acids is 1. The van der Waals surface area contributed by atoms with E-state index in [1.807, 2.05) is 13.8 Å². The quantitative estimate of drug-likeness (QED) is 0.636. The van der Waals surface area contributed by atoms with Gasteiger partial charge in [-0.15, -0.1) is 0 Å². The van der Waals surface area contributed by atoms with Crippen molar-refractivity contribution in [1.29, 1.82) is 0 Å². The van der Waals surface area contributed by atoms with Crippen LogP contribution in [0.15, 0.2) is 0 Å². The molecule has 0 bridgehead atoms. The predicted molar refractivity (Wildman–Crippen MR) is 75.7 cm³/mol. The molecule has 0 aliphatic rings. The SMILES string of the molecule is CCN(CC)S(=O)(=O)CC(=O)N[C@H](CC(C)C)C(=O)O. The largest absolute Gasteiger partial charge is 0.480 e. The molecule has 0 radical (unpaired) electrons. The average Bonchev–Trinajstić information content (AvgIpc) is 2.27. The van der Waals surface area contributed by atoms with Crippen LogP contribution in [0.2, 0.25) is 0 Å². The third kappa shape index (κ3) is 6.33. The van der Waals surface area contributed by atoms with E-state index in [0.717, 1.165) is 0 Å². The maximum absolute atomic E-state index is 11.9. The lowest BCUT2D eigenvalue weighted by Crippen LogP contribution is -2.46. The summed E-state index contributed by atoms with van der Waals surface area (Å²) in [4.78, 5) is 22.7. The predicted octanol–water partition coefficient (Wildman–Crippen LogP) is 0.274. The number of hydrogen-bond acceptors (Lipinski definition) is 4. The fourth-order valence-corrected chi connectivity index (χ4v) is 3.19. The van der Waals surface area contributed by atoms with Gasteiger partial charge in [-0.2, -0.15) is 0 Å². The molecule has 0 saturated heterocycles. The van der Waals surface area contributed by atoms with Crippen LogP contribution < -0.4 is 5.32 Å². The van der Waals surface area contributed by atoms with Gasteiger partial charge < -0.3 is 10.4 Å². The van der Waals surface area contributed by atoms with E-state index in [1.54, 1.807) is 13.8 Å². The van der Waals surface area contributed by atoms with Gasteiger partial charge in [0.25, 0.3) is 0 Å². The van der Waals surface area contributed by atoms with Gasteiger partial charge in [-0.05, 0) is 12.3 Å². The second kappa shape index (κ2) is 8.21. The van der Waals surface area contributed by atoms with Crippen molar-refractivity contribution in [2.45, 2.75) is 40.2 Å². The molecule has 2 N–H and O–H groups in total. The Labute approximate surface area is 120 Å². The van der Waals surface area contributed by atoms with Crippen molar-refractivity contribution in [3.8, 4) is 0 Å². The number of carbonyl (C=O) groups is 2. The van der Waals surface area contributed by atoms with Gasteiger partial charge in [0.2, 0.25) is 15.9 Å². The van der Waals surface area contributed by atoms with Crippen LogP contribution in [0.3, 0.4) is 0 Å². The minimum Gasteiger partial charge on any atom is -0.480 e. The van der Waals surface area contributed by atoms with Crippen molar-refractivity contribution < 1.29 is 23.1 Å². The first-order valence-electron chi connectivity index (χ1n) is 6.64. The third-order valence-corrected chi connectivity index (χ3v) is 4.68. The summed E-state index contributed by atoms with van der Waals surface area (Å²) in [7, 11) is -3.69. The van der Waals surface area contributed by atoms with Gasteiger partial charge in [0, 0.05) is 13.1 Å². The lowest BCUT2D eigenvalue weighted by molar-refractivity contribution is -0.142. The molecule has 0 heterocycles. The fraction of sp³-hybridized carbons (Fsp3) is 0.833. The Hall–Kier alpha value is -1.15. The second-order valence-electron chi connectivity index (χ2n) is 4.93. The first-order chi connectivity index (χ1) is 9.13. The van der Waals surface area contributed by atoms with Crippen LogP contribution in [0, 0.1) is 5.92 Å². The molecule has 0 aliphatic carbocycles. The monoisotopic (exact) mass is 308 g/mol. The standard InChI is InChI=1S/C12H24N2O5S/c1-5-14(6-2)20(18,19)8-11(15)13-10(12(16)17)7-9(3)4/h9-10H,5-8H2,1-4H3,(H,13,15)(H,16,17)/t10-/m1/s1. The van der Waals surface area contributed by atoms with Crippen LogP contribution in [-0.4, -0.2) is 54.6 Å². The molecule has 1 atom stereocenters. The number of rotatable bonds is 9. The summed E-state index contributed by atoms with van der Waals surface area (Å²) in [6, 6.07) is -1.06. The van der Waals surface area contributed by atoms with E-state index < -0.39 is 33.7 Å². The average molecular weight is 308 g/mol. The van der Waals surface area contributed by atoms with Crippen molar-refractivity contribution >= 4 is 21.9 Å². The van der Waals surface area contributed by atoms with Gasteiger partial charge >= 0.3 is 5.97 Å². The molecule has 0 aromatic carbocycles. The van der Waals surface area contributed by atoms with Gasteiger partial charge in [-0.25, -0.2) is 17.5 Å². The summed E-state index contributed by atoms with van der Waals surface area (Å²) in [5.74, 6) is -2.59.